The first-order chi connectivity index (χ1) is 11.6. The minimum atomic E-state index is 0.613. The van der Waals surface area contributed by atoms with Gasteiger partial charge in [0.1, 0.15) is 18.2 Å². The molecule has 0 radical (unpaired) electrons. The summed E-state index contributed by atoms with van der Waals surface area (Å²) >= 11 is 0. The zero-order valence-electron chi connectivity index (χ0n) is 14.2. The van der Waals surface area contributed by atoms with E-state index < -0.39 is 0 Å². The number of ether oxygens (including phenoxy) is 1. The summed E-state index contributed by atoms with van der Waals surface area (Å²) in [4.78, 5) is 4.90. The molecule has 1 heterocycles. The van der Waals surface area contributed by atoms with E-state index in [0.717, 1.165) is 23.5 Å². The predicted octanol–water partition coefficient (Wildman–Crippen LogP) is 4.19. The molecule has 0 aliphatic heterocycles. The van der Waals surface area contributed by atoms with Crippen molar-refractivity contribution in [3.8, 4) is 5.75 Å². The molecule has 1 aliphatic carbocycles. The van der Waals surface area contributed by atoms with Crippen LogP contribution in [0.5, 0.6) is 5.75 Å². The van der Waals surface area contributed by atoms with Crippen LogP contribution in [0, 0.1) is 13.8 Å². The first kappa shape index (κ1) is 15.1. The summed E-state index contributed by atoms with van der Waals surface area (Å²) < 4.78 is 8.23. The number of benzene rings is 2. The Kier molecular flexibility index (Phi) is 3.68. The van der Waals surface area contributed by atoms with Crippen molar-refractivity contribution >= 4 is 16.7 Å². The van der Waals surface area contributed by atoms with Gasteiger partial charge >= 0.3 is 0 Å². The Morgan fingerprint density at radius 3 is 2.71 bits per heavy atom. The molecule has 1 aromatic heterocycles. The summed E-state index contributed by atoms with van der Waals surface area (Å²) in [5.74, 6) is 2.65. The maximum absolute atomic E-state index is 5.89. The van der Waals surface area contributed by atoms with E-state index >= 15 is 0 Å². The lowest BCUT2D eigenvalue weighted by Crippen LogP contribution is -2.11. The lowest BCUT2D eigenvalue weighted by molar-refractivity contribution is 0.298. The number of hydrogen-bond acceptors (Lipinski definition) is 3. The van der Waals surface area contributed by atoms with Gasteiger partial charge in [0.25, 0.3) is 0 Å². The third-order valence-electron chi connectivity index (χ3n) is 4.78. The minimum Gasteiger partial charge on any atom is -0.492 e. The van der Waals surface area contributed by atoms with Gasteiger partial charge in [-0.15, -0.1) is 0 Å². The number of hydrogen-bond donors (Lipinski definition) is 1. The average Bonchev–Trinajstić information content (AvgIpc) is 3.33. The van der Waals surface area contributed by atoms with E-state index in [2.05, 4.69) is 30.5 Å². The molecule has 0 spiro atoms. The minimum absolute atomic E-state index is 0.613. The molecule has 0 unspecified atom stereocenters. The summed E-state index contributed by atoms with van der Waals surface area (Å²) in [5.41, 5.74) is 11.5. The van der Waals surface area contributed by atoms with E-state index in [9.17, 15) is 0 Å². The summed E-state index contributed by atoms with van der Waals surface area (Å²) in [7, 11) is 0. The Bertz CT molecular complexity index is 893. The van der Waals surface area contributed by atoms with Crippen LogP contribution in [0.1, 0.15) is 35.7 Å². The molecule has 4 rings (SSSR count). The highest BCUT2D eigenvalue weighted by atomic mass is 16.5. The second kappa shape index (κ2) is 5.86. The lowest BCUT2D eigenvalue weighted by atomic mass is 10.1. The van der Waals surface area contributed by atoms with Gasteiger partial charge in [-0.3, -0.25) is 0 Å². The molecule has 2 N–H and O–H groups in total. The summed E-state index contributed by atoms with van der Waals surface area (Å²) in [5, 5.41) is 0. The van der Waals surface area contributed by atoms with Crippen LogP contribution in [-0.4, -0.2) is 16.2 Å². The van der Waals surface area contributed by atoms with Gasteiger partial charge in [-0.25, -0.2) is 4.98 Å². The zero-order chi connectivity index (χ0) is 16.7. The summed E-state index contributed by atoms with van der Waals surface area (Å²) in [6.07, 6.45) is 2.49. The number of anilines is 1. The van der Waals surface area contributed by atoms with Crippen molar-refractivity contribution in [3.05, 3.63) is 53.3 Å². The van der Waals surface area contributed by atoms with E-state index in [0.29, 0.717) is 12.5 Å². The summed E-state index contributed by atoms with van der Waals surface area (Å²) in [6.45, 7) is 5.72. The van der Waals surface area contributed by atoms with E-state index in [-0.39, 0.29) is 0 Å². The predicted molar refractivity (Wildman–Crippen MR) is 97.5 cm³/mol. The standard InChI is InChI=1S/C20H23N3O/c1-13-10-18-19(11-14(13)2)23(20(22-18)15-6-7-15)8-9-24-17-5-3-4-16(21)12-17/h3-5,10-12,15H,6-9,21H2,1-2H3. The van der Waals surface area contributed by atoms with Crippen molar-refractivity contribution in [2.24, 2.45) is 0 Å². The number of aromatic nitrogens is 2. The van der Waals surface area contributed by atoms with Crippen LogP contribution in [0.4, 0.5) is 5.69 Å². The highest BCUT2D eigenvalue weighted by molar-refractivity contribution is 5.78. The molecule has 4 heteroatoms. The molecule has 3 aromatic rings. The molecule has 1 aliphatic rings. The fourth-order valence-electron chi connectivity index (χ4n) is 3.15. The molecule has 0 saturated heterocycles. The number of rotatable bonds is 5. The van der Waals surface area contributed by atoms with E-state index in [1.807, 2.05) is 24.3 Å². The van der Waals surface area contributed by atoms with Crippen LogP contribution < -0.4 is 10.5 Å². The number of nitrogen functional groups attached to an aromatic ring is 1. The van der Waals surface area contributed by atoms with Crippen molar-refractivity contribution < 1.29 is 4.74 Å². The van der Waals surface area contributed by atoms with Gasteiger partial charge in [-0.05, 0) is 62.1 Å². The monoisotopic (exact) mass is 321 g/mol. The molecule has 0 amide bonds. The summed E-state index contributed by atoms with van der Waals surface area (Å²) in [6, 6.07) is 12.0. The lowest BCUT2D eigenvalue weighted by Gasteiger charge is -2.11. The van der Waals surface area contributed by atoms with Crippen molar-refractivity contribution in [1.29, 1.82) is 0 Å². The van der Waals surface area contributed by atoms with Crippen LogP contribution in [0.3, 0.4) is 0 Å². The topological polar surface area (TPSA) is 53.1 Å². The van der Waals surface area contributed by atoms with E-state index in [4.69, 9.17) is 15.5 Å². The van der Waals surface area contributed by atoms with Crippen LogP contribution in [0.25, 0.3) is 11.0 Å². The van der Waals surface area contributed by atoms with E-state index in [1.54, 1.807) is 0 Å². The van der Waals surface area contributed by atoms with Crippen molar-refractivity contribution in [1.82, 2.24) is 9.55 Å². The largest absolute Gasteiger partial charge is 0.492 e. The Morgan fingerprint density at radius 1 is 1.17 bits per heavy atom. The highest BCUT2D eigenvalue weighted by Crippen LogP contribution is 2.41. The second-order valence-corrected chi connectivity index (χ2v) is 6.74. The Balaban J connectivity index is 1.60. The maximum atomic E-state index is 5.89. The number of imidazole rings is 1. The fourth-order valence-corrected chi connectivity index (χ4v) is 3.15. The van der Waals surface area contributed by atoms with Crippen LogP contribution in [0.15, 0.2) is 36.4 Å². The maximum Gasteiger partial charge on any atom is 0.121 e. The fraction of sp³-hybridized carbons (Fsp3) is 0.350. The Morgan fingerprint density at radius 2 is 1.96 bits per heavy atom. The van der Waals surface area contributed by atoms with Crippen LogP contribution >= 0.6 is 0 Å². The zero-order valence-corrected chi connectivity index (χ0v) is 14.2. The van der Waals surface area contributed by atoms with Crippen molar-refractivity contribution in [2.75, 3.05) is 12.3 Å². The van der Waals surface area contributed by atoms with Crippen LogP contribution in [-0.2, 0) is 6.54 Å². The molecule has 24 heavy (non-hydrogen) atoms. The van der Waals surface area contributed by atoms with Gasteiger partial charge in [0.05, 0.1) is 17.6 Å². The average molecular weight is 321 g/mol. The third-order valence-corrected chi connectivity index (χ3v) is 4.78. The molecule has 0 atom stereocenters. The number of aryl methyl sites for hydroxylation is 2. The molecule has 124 valence electrons. The van der Waals surface area contributed by atoms with Gasteiger partial charge in [0, 0.05) is 17.7 Å². The normalized spacial score (nSPS) is 14.2. The van der Waals surface area contributed by atoms with Gasteiger partial charge in [0.2, 0.25) is 0 Å². The van der Waals surface area contributed by atoms with Crippen molar-refractivity contribution in [3.63, 3.8) is 0 Å². The van der Waals surface area contributed by atoms with Gasteiger partial charge in [-0.1, -0.05) is 6.07 Å². The number of fused-ring (bicyclic) bond motifs is 1. The first-order valence-electron chi connectivity index (χ1n) is 8.57. The first-order valence-corrected chi connectivity index (χ1v) is 8.57. The van der Waals surface area contributed by atoms with E-state index in [1.165, 1.54) is 35.3 Å². The molecule has 0 bridgehead atoms. The quantitative estimate of drug-likeness (QED) is 0.717. The molecule has 1 fully saturated rings. The number of nitrogens with zero attached hydrogens (tertiary/aromatic N) is 2. The van der Waals surface area contributed by atoms with Gasteiger partial charge in [0.15, 0.2) is 0 Å². The highest BCUT2D eigenvalue weighted by Gasteiger charge is 2.29. The van der Waals surface area contributed by atoms with Gasteiger partial charge in [-0.2, -0.15) is 0 Å². The van der Waals surface area contributed by atoms with Gasteiger partial charge < -0.3 is 15.0 Å². The molecule has 2 aromatic carbocycles. The Hall–Kier alpha value is -2.49. The molecule has 1 saturated carbocycles. The molecular weight excluding hydrogens is 298 g/mol. The van der Waals surface area contributed by atoms with Crippen LogP contribution in [0.2, 0.25) is 0 Å². The molecular formula is C20H23N3O. The molecule has 4 nitrogen and oxygen atoms in total. The number of nitrogens with two attached hydrogens (primary N) is 1. The second-order valence-electron chi connectivity index (χ2n) is 6.74. The Labute approximate surface area is 142 Å². The van der Waals surface area contributed by atoms with Crippen molar-refractivity contribution in [2.45, 2.75) is 39.2 Å². The SMILES string of the molecule is Cc1cc2nc(C3CC3)n(CCOc3cccc(N)c3)c2cc1C. The third kappa shape index (κ3) is 2.84. The smallest absolute Gasteiger partial charge is 0.121 e.